The Morgan fingerprint density at radius 2 is 0.879 bits per heavy atom. The summed E-state index contributed by atoms with van der Waals surface area (Å²) in [5.74, 6) is 0. The van der Waals surface area contributed by atoms with Gasteiger partial charge in [0.1, 0.15) is 11.2 Å². The van der Waals surface area contributed by atoms with Gasteiger partial charge in [0.15, 0.2) is 0 Å². The summed E-state index contributed by atoms with van der Waals surface area (Å²) in [6.45, 7) is 4.40. The lowest BCUT2D eigenvalue weighted by Crippen LogP contribution is -2.14. The van der Waals surface area contributed by atoms with E-state index in [9.17, 15) is 0 Å². The quantitative estimate of drug-likeness (QED) is 0.145. The van der Waals surface area contributed by atoms with Crippen molar-refractivity contribution in [1.82, 2.24) is 4.57 Å². The molecule has 2 heterocycles. The zero-order valence-electron chi connectivity index (χ0n) is 36.8. The maximum atomic E-state index is 6.35. The number of hydrogen-bond acceptors (Lipinski definition) is 3. The average Bonchev–Trinajstić information content (AvgIpc) is 3.91. The predicted octanol–water partition coefficient (Wildman–Crippen LogP) is 17.6. The Labute approximate surface area is 384 Å². The summed E-state index contributed by atoms with van der Waals surface area (Å²) in [5.41, 5.74) is 18.7. The molecule has 4 nitrogen and oxygen atoms in total. The molecule has 314 valence electrons. The van der Waals surface area contributed by atoms with Crippen molar-refractivity contribution in [3.8, 4) is 27.9 Å². The van der Waals surface area contributed by atoms with Gasteiger partial charge in [-0.1, -0.05) is 127 Å². The third kappa shape index (κ3) is 6.79. The SMILES string of the molecule is Cc1ccccc1-c1cc(N(c2ccccc2)c2cc(-c3ccc4c(c3)c3ccccc3n4-c3ccccc3)cc(N(c3ccccc3)c3ccc4oc5ccccc5c4c3)c2)ccc1C. The lowest BCUT2D eigenvalue weighted by molar-refractivity contribution is 0.669. The standard InChI is InChI=1S/C62H45N3O/c1-42-18-12-13-25-53(42)56-40-49(32-30-43(56)2)63(46-19-6-3-7-20-46)51-36-45(44-31-34-60-57(38-44)54-26-14-16-28-59(54)65(60)48-23-10-5-11-24-48)37-52(39-51)64(47-21-8-4-9-22-47)50-33-35-62-58(41-50)55-27-15-17-29-61(55)66-62/h3-41H,1-2H3. The monoisotopic (exact) mass is 847 g/mol. The number of furan rings is 1. The molecule has 0 bridgehead atoms. The van der Waals surface area contributed by atoms with Gasteiger partial charge >= 0.3 is 0 Å². The normalized spacial score (nSPS) is 11.5. The van der Waals surface area contributed by atoms with Crippen LogP contribution in [0.3, 0.4) is 0 Å². The molecule has 12 rings (SSSR count). The Balaban J connectivity index is 1.13. The lowest BCUT2D eigenvalue weighted by atomic mass is 9.95. The van der Waals surface area contributed by atoms with Crippen molar-refractivity contribution in [3.05, 3.63) is 248 Å². The molecular weight excluding hydrogens is 803 g/mol. The molecule has 0 aliphatic carbocycles. The van der Waals surface area contributed by atoms with Gasteiger partial charge in [0.05, 0.1) is 11.0 Å². The number of benzene rings is 10. The van der Waals surface area contributed by atoms with Gasteiger partial charge in [-0.05, 0) is 156 Å². The third-order valence-corrected chi connectivity index (χ3v) is 13.0. The first-order chi connectivity index (χ1) is 32.6. The number of aromatic nitrogens is 1. The van der Waals surface area contributed by atoms with E-state index in [0.717, 1.165) is 72.9 Å². The van der Waals surface area contributed by atoms with Crippen molar-refractivity contribution in [2.45, 2.75) is 13.8 Å². The largest absolute Gasteiger partial charge is 0.456 e. The van der Waals surface area contributed by atoms with Gasteiger partial charge in [0.25, 0.3) is 0 Å². The molecule has 2 aromatic heterocycles. The molecule has 0 fully saturated rings. The van der Waals surface area contributed by atoms with Crippen molar-refractivity contribution in [2.24, 2.45) is 0 Å². The zero-order valence-corrected chi connectivity index (χ0v) is 36.8. The molecule has 0 aliphatic rings. The maximum absolute atomic E-state index is 6.35. The van der Waals surface area contributed by atoms with Crippen LogP contribution in [0, 0.1) is 13.8 Å². The summed E-state index contributed by atoms with van der Waals surface area (Å²) in [4.78, 5) is 4.79. The molecule has 0 N–H and O–H groups in total. The molecule has 0 saturated heterocycles. The van der Waals surface area contributed by atoms with E-state index in [2.05, 4.69) is 253 Å². The highest BCUT2D eigenvalue weighted by atomic mass is 16.3. The van der Waals surface area contributed by atoms with Crippen LogP contribution in [0.25, 0.3) is 71.7 Å². The molecule has 0 atom stereocenters. The Hall–Kier alpha value is -8.60. The van der Waals surface area contributed by atoms with Crippen molar-refractivity contribution in [1.29, 1.82) is 0 Å². The van der Waals surface area contributed by atoms with Gasteiger partial charge in [-0.15, -0.1) is 0 Å². The number of hydrogen-bond donors (Lipinski definition) is 0. The first-order valence-corrected chi connectivity index (χ1v) is 22.6. The number of rotatable bonds is 9. The van der Waals surface area contributed by atoms with Crippen molar-refractivity contribution >= 4 is 77.9 Å². The van der Waals surface area contributed by atoms with Gasteiger partial charge < -0.3 is 18.8 Å². The Kier molecular flexibility index (Phi) is 9.57. The van der Waals surface area contributed by atoms with E-state index < -0.39 is 0 Å². The zero-order chi connectivity index (χ0) is 44.1. The first-order valence-electron chi connectivity index (χ1n) is 22.6. The Morgan fingerprint density at radius 3 is 1.61 bits per heavy atom. The van der Waals surface area contributed by atoms with Crippen LogP contribution in [0.2, 0.25) is 0 Å². The molecule has 0 spiro atoms. The second kappa shape index (κ2) is 16.2. The average molecular weight is 848 g/mol. The number of fused-ring (bicyclic) bond motifs is 6. The van der Waals surface area contributed by atoms with E-state index in [0.29, 0.717) is 0 Å². The predicted molar refractivity (Wildman–Crippen MR) is 278 cm³/mol. The smallest absolute Gasteiger partial charge is 0.135 e. The van der Waals surface area contributed by atoms with Gasteiger partial charge in [-0.2, -0.15) is 0 Å². The molecule has 4 heteroatoms. The van der Waals surface area contributed by atoms with Gasteiger partial charge in [-0.25, -0.2) is 0 Å². The Bertz CT molecular complexity index is 3740. The molecule has 0 radical (unpaired) electrons. The van der Waals surface area contributed by atoms with Crippen molar-refractivity contribution in [3.63, 3.8) is 0 Å². The summed E-state index contributed by atoms with van der Waals surface area (Å²) in [7, 11) is 0. The summed E-state index contributed by atoms with van der Waals surface area (Å²) in [6.07, 6.45) is 0. The van der Waals surface area contributed by atoms with Crippen LogP contribution in [-0.4, -0.2) is 4.57 Å². The number of para-hydroxylation sites is 5. The molecule has 0 saturated carbocycles. The van der Waals surface area contributed by atoms with Crippen LogP contribution in [-0.2, 0) is 0 Å². The maximum Gasteiger partial charge on any atom is 0.135 e. The van der Waals surface area contributed by atoms with Crippen LogP contribution in [0.5, 0.6) is 0 Å². The summed E-state index contributed by atoms with van der Waals surface area (Å²) >= 11 is 0. The second-order valence-corrected chi connectivity index (χ2v) is 17.1. The topological polar surface area (TPSA) is 24.6 Å². The van der Waals surface area contributed by atoms with Crippen LogP contribution < -0.4 is 9.80 Å². The minimum absolute atomic E-state index is 0.865. The minimum Gasteiger partial charge on any atom is -0.456 e. The molecule has 0 amide bonds. The van der Waals surface area contributed by atoms with Crippen LogP contribution >= 0.6 is 0 Å². The first kappa shape index (κ1) is 39.0. The van der Waals surface area contributed by atoms with E-state index in [1.165, 1.54) is 44.1 Å². The summed E-state index contributed by atoms with van der Waals surface area (Å²) < 4.78 is 8.73. The van der Waals surface area contributed by atoms with Gasteiger partial charge in [-0.3, -0.25) is 0 Å². The third-order valence-electron chi connectivity index (χ3n) is 13.0. The highest BCUT2D eigenvalue weighted by Gasteiger charge is 2.22. The van der Waals surface area contributed by atoms with Crippen LogP contribution in [0.1, 0.15) is 11.1 Å². The number of aryl methyl sites for hydroxylation is 2. The number of anilines is 6. The van der Waals surface area contributed by atoms with Crippen LogP contribution in [0.15, 0.2) is 241 Å². The van der Waals surface area contributed by atoms with E-state index in [1.807, 2.05) is 12.1 Å². The molecule has 66 heavy (non-hydrogen) atoms. The van der Waals surface area contributed by atoms with Gasteiger partial charge in [0, 0.05) is 61.4 Å². The molecule has 0 aliphatic heterocycles. The van der Waals surface area contributed by atoms with E-state index in [1.54, 1.807) is 0 Å². The van der Waals surface area contributed by atoms with Gasteiger partial charge in [0.2, 0.25) is 0 Å². The highest BCUT2D eigenvalue weighted by molar-refractivity contribution is 6.11. The minimum atomic E-state index is 0.865. The van der Waals surface area contributed by atoms with Crippen LogP contribution in [0.4, 0.5) is 34.1 Å². The molecular formula is C62H45N3O. The summed E-state index contributed by atoms with van der Waals surface area (Å²) in [5, 5.41) is 4.60. The van der Waals surface area contributed by atoms with E-state index in [4.69, 9.17) is 4.42 Å². The fourth-order valence-corrected chi connectivity index (χ4v) is 9.84. The Morgan fingerprint density at radius 1 is 0.318 bits per heavy atom. The van der Waals surface area contributed by atoms with Crippen molar-refractivity contribution < 1.29 is 4.42 Å². The molecule has 12 aromatic rings. The molecule has 0 unspecified atom stereocenters. The fraction of sp³-hybridized carbons (Fsp3) is 0.0323. The second-order valence-electron chi connectivity index (χ2n) is 17.1. The lowest BCUT2D eigenvalue weighted by Gasteiger charge is -2.31. The van der Waals surface area contributed by atoms with Crippen molar-refractivity contribution in [2.75, 3.05) is 9.80 Å². The van der Waals surface area contributed by atoms with E-state index >= 15 is 0 Å². The van der Waals surface area contributed by atoms with E-state index in [-0.39, 0.29) is 0 Å². The summed E-state index contributed by atoms with van der Waals surface area (Å²) in [6, 6.07) is 85.3. The molecule has 10 aromatic carbocycles. The number of nitrogens with zero attached hydrogens (tertiary/aromatic N) is 3. The fourth-order valence-electron chi connectivity index (χ4n) is 9.84. The highest BCUT2D eigenvalue weighted by Crippen LogP contribution is 2.46.